The number of nitrogens with zero attached hydrogens (tertiary/aromatic N) is 4. The maximum atomic E-state index is 9.05. The third-order valence-corrected chi connectivity index (χ3v) is 3.01. The number of hydrogen-bond donors (Lipinski definition) is 4. The fraction of sp³-hybridized carbons (Fsp3) is 0.800. The van der Waals surface area contributed by atoms with Crippen LogP contribution < -0.4 is 0 Å². The summed E-state index contributed by atoms with van der Waals surface area (Å²) in [5.41, 5.74) is 0. The van der Waals surface area contributed by atoms with E-state index >= 15 is 0 Å². The molecular formula is C10H16N4S4. The van der Waals surface area contributed by atoms with E-state index in [-0.39, 0.29) is 10.5 Å². The number of nitriles is 2. The molecule has 4 nitrogen and oxygen atoms in total. The summed E-state index contributed by atoms with van der Waals surface area (Å²) < 4.78 is 0. The largest absolute Gasteiger partial charge is 0.210 e. The number of hydrogen-bond acceptors (Lipinski definition) is 8. The molecule has 0 bridgehead atoms. The van der Waals surface area contributed by atoms with Crippen molar-refractivity contribution in [3.8, 4) is 12.1 Å². The van der Waals surface area contributed by atoms with Gasteiger partial charge in [0.1, 0.15) is 12.1 Å². The lowest BCUT2D eigenvalue weighted by molar-refractivity contribution is 0.582. The Balaban J connectivity index is 4.98. The van der Waals surface area contributed by atoms with Crippen LogP contribution in [0.15, 0.2) is 10.2 Å². The van der Waals surface area contributed by atoms with Gasteiger partial charge in [-0.2, -0.15) is 46.0 Å². The molecule has 0 fully saturated rings. The Morgan fingerprint density at radius 3 is 1.39 bits per heavy atom. The lowest BCUT2D eigenvalue weighted by Crippen LogP contribution is -2.24. The summed E-state index contributed by atoms with van der Waals surface area (Å²) in [4.78, 5) is -2.57. The zero-order chi connectivity index (χ0) is 14.4. The van der Waals surface area contributed by atoms with E-state index < -0.39 is 9.74 Å². The van der Waals surface area contributed by atoms with Crippen LogP contribution in [0.4, 0.5) is 0 Å². The Bertz CT molecular complexity index is 348. The molecule has 18 heavy (non-hydrogen) atoms. The maximum absolute atomic E-state index is 9.05. The van der Waals surface area contributed by atoms with Gasteiger partial charge >= 0.3 is 0 Å². The lowest BCUT2D eigenvalue weighted by atomic mass is 10.2. The number of thiol groups is 4. The monoisotopic (exact) mass is 320 g/mol. The molecule has 0 saturated carbocycles. The van der Waals surface area contributed by atoms with Gasteiger partial charge in [0.2, 0.25) is 9.74 Å². The van der Waals surface area contributed by atoms with E-state index in [0.29, 0.717) is 12.8 Å². The van der Waals surface area contributed by atoms with Crippen molar-refractivity contribution in [2.45, 2.75) is 46.9 Å². The first kappa shape index (κ1) is 18.0. The van der Waals surface area contributed by atoms with E-state index in [9.17, 15) is 0 Å². The van der Waals surface area contributed by atoms with Crippen molar-refractivity contribution < 1.29 is 0 Å². The van der Waals surface area contributed by atoms with Gasteiger partial charge in [0.15, 0.2) is 0 Å². The van der Waals surface area contributed by atoms with E-state index in [1.165, 1.54) is 0 Å². The quantitative estimate of drug-likeness (QED) is 0.448. The average molecular weight is 321 g/mol. The van der Waals surface area contributed by atoms with Crippen LogP contribution >= 0.6 is 50.5 Å². The van der Waals surface area contributed by atoms with Gasteiger partial charge in [0.05, 0.1) is 0 Å². The van der Waals surface area contributed by atoms with Crippen molar-refractivity contribution in [1.29, 1.82) is 10.5 Å². The van der Waals surface area contributed by atoms with Crippen molar-refractivity contribution in [3.05, 3.63) is 0 Å². The van der Waals surface area contributed by atoms with Crippen LogP contribution in [0.25, 0.3) is 0 Å². The highest BCUT2D eigenvalue weighted by Crippen LogP contribution is 2.30. The molecule has 0 saturated heterocycles. The Morgan fingerprint density at radius 2 is 1.22 bits per heavy atom. The van der Waals surface area contributed by atoms with Crippen LogP contribution in [-0.4, -0.2) is 20.2 Å². The first-order valence-corrected chi connectivity index (χ1v) is 7.16. The molecule has 0 spiro atoms. The fourth-order valence-corrected chi connectivity index (χ4v) is 2.66. The maximum Gasteiger partial charge on any atom is 0.210 e. The van der Waals surface area contributed by atoms with Gasteiger partial charge < -0.3 is 0 Å². The fourth-order valence-electron chi connectivity index (χ4n) is 1.21. The summed E-state index contributed by atoms with van der Waals surface area (Å²) in [6, 6.07) is 3.90. The van der Waals surface area contributed by atoms with Crippen LogP contribution in [0.5, 0.6) is 0 Å². The molecule has 0 aliphatic rings. The van der Waals surface area contributed by atoms with Crippen LogP contribution in [0, 0.1) is 22.7 Å². The summed E-state index contributed by atoms with van der Waals surface area (Å²) in [7, 11) is 0. The molecule has 0 amide bonds. The average Bonchev–Trinajstić information content (AvgIpc) is 2.25. The molecule has 0 N–H and O–H groups in total. The highest BCUT2D eigenvalue weighted by molar-refractivity contribution is 7.83. The molecule has 0 aromatic heterocycles. The third-order valence-electron chi connectivity index (χ3n) is 1.90. The zero-order valence-corrected chi connectivity index (χ0v) is 13.7. The molecule has 100 valence electrons. The molecular weight excluding hydrogens is 304 g/mol. The molecule has 0 radical (unpaired) electrons. The highest BCUT2D eigenvalue weighted by Gasteiger charge is 2.31. The molecule has 0 heterocycles. The molecule has 8 heteroatoms. The van der Waals surface area contributed by atoms with E-state index in [1.807, 2.05) is 26.0 Å². The smallest absolute Gasteiger partial charge is 0.195 e. The summed E-state index contributed by atoms with van der Waals surface area (Å²) in [6.07, 6.45) is 0.649. The van der Waals surface area contributed by atoms with Gasteiger partial charge in [-0.3, -0.25) is 0 Å². The normalized spacial score (nSPS) is 21.3. The molecule has 4 atom stereocenters. The number of azo groups is 1. The van der Waals surface area contributed by atoms with Gasteiger partial charge in [-0.05, 0) is 0 Å². The van der Waals surface area contributed by atoms with E-state index in [0.717, 1.165) is 0 Å². The standard InChI is InChI=1S/C10H16N4S4/c1-7(15)3-9(17,5-11)13-14-10(18,6-12)4-8(2)16/h7-8,15-18H,3-4H2,1-2H3. The molecule has 0 aromatic rings. The minimum atomic E-state index is -1.29. The van der Waals surface area contributed by atoms with Gasteiger partial charge in [-0.15, -0.1) is 25.3 Å². The van der Waals surface area contributed by atoms with Gasteiger partial charge in [-0.25, -0.2) is 0 Å². The Hall–Kier alpha value is -0.0200. The first-order valence-electron chi connectivity index (χ1n) is 5.24. The van der Waals surface area contributed by atoms with Crippen molar-refractivity contribution >= 4 is 50.5 Å². The molecule has 0 aliphatic heterocycles. The lowest BCUT2D eigenvalue weighted by Gasteiger charge is -2.20. The minimum absolute atomic E-state index is 0.0543. The second-order valence-electron chi connectivity index (χ2n) is 4.16. The molecule has 0 aromatic carbocycles. The summed E-state index contributed by atoms with van der Waals surface area (Å²) in [5.74, 6) is 0. The SMILES string of the molecule is CC(S)CC(S)(C#N)N=NC(S)(C#N)CC(C)S. The minimum Gasteiger partial charge on any atom is -0.195 e. The van der Waals surface area contributed by atoms with Crippen molar-refractivity contribution in [1.82, 2.24) is 0 Å². The summed E-state index contributed by atoms with van der Waals surface area (Å²) >= 11 is 16.7. The van der Waals surface area contributed by atoms with Crippen LogP contribution in [0.2, 0.25) is 0 Å². The summed E-state index contributed by atoms with van der Waals surface area (Å²) in [5, 5.41) is 25.7. The van der Waals surface area contributed by atoms with Gasteiger partial charge in [0.25, 0.3) is 0 Å². The van der Waals surface area contributed by atoms with Crippen molar-refractivity contribution in [2.75, 3.05) is 0 Å². The van der Waals surface area contributed by atoms with Crippen LogP contribution in [-0.2, 0) is 0 Å². The number of rotatable bonds is 6. The summed E-state index contributed by atoms with van der Waals surface area (Å²) in [6.45, 7) is 3.66. The molecule has 4 unspecified atom stereocenters. The topological polar surface area (TPSA) is 72.3 Å². The van der Waals surface area contributed by atoms with E-state index in [2.05, 4.69) is 60.7 Å². The van der Waals surface area contributed by atoms with E-state index in [1.54, 1.807) is 0 Å². The van der Waals surface area contributed by atoms with Crippen LogP contribution in [0.1, 0.15) is 26.7 Å². The molecule has 0 rings (SSSR count). The predicted octanol–water partition coefficient (Wildman–Crippen LogP) is 3.15. The molecule has 0 aliphatic carbocycles. The highest BCUT2D eigenvalue weighted by atomic mass is 32.1. The second-order valence-corrected chi connectivity index (χ2v) is 7.41. The van der Waals surface area contributed by atoms with Crippen LogP contribution in [0.3, 0.4) is 0 Å². The Labute approximate surface area is 130 Å². The van der Waals surface area contributed by atoms with E-state index in [4.69, 9.17) is 10.5 Å². The van der Waals surface area contributed by atoms with Gasteiger partial charge in [0, 0.05) is 23.3 Å². The Kier molecular flexibility index (Phi) is 7.53. The van der Waals surface area contributed by atoms with Gasteiger partial charge in [-0.1, -0.05) is 13.8 Å². The Morgan fingerprint density at radius 1 is 0.944 bits per heavy atom. The third kappa shape index (κ3) is 6.79. The second kappa shape index (κ2) is 7.54. The first-order chi connectivity index (χ1) is 8.16. The zero-order valence-electron chi connectivity index (χ0n) is 10.1. The predicted molar refractivity (Wildman–Crippen MR) is 85.6 cm³/mol. The van der Waals surface area contributed by atoms with Crippen molar-refractivity contribution in [2.24, 2.45) is 10.2 Å². The van der Waals surface area contributed by atoms with Crippen molar-refractivity contribution in [3.63, 3.8) is 0 Å².